The number of ether oxygens (including phenoxy) is 1. The van der Waals surface area contributed by atoms with Gasteiger partial charge in [-0.2, -0.15) is 10.4 Å². The predicted molar refractivity (Wildman–Crippen MR) is 85.5 cm³/mol. The van der Waals surface area contributed by atoms with E-state index in [2.05, 4.69) is 21.6 Å². The van der Waals surface area contributed by atoms with Crippen molar-refractivity contribution in [3.63, 3.8) is 0 Å². The number of nitrogens with one attached hydrogen (secondary N) is 2. The predicted octanol–water partition coefficient (Wildman–Crippen LogP) is 1.68. The second-order valence-electron chi connectivity index (χ2n) is 5.28. The summed E-state index contributed by atoms with van der Waals surface area (Å²) in [6.07, 6.45) is 0. The smallest absolute Gasteiger partial charge is 0.257 e. The fourth-order valence-corrected chi connectivity index (χ4v) is 2.54. The summed E-state index contributed by atoms with van der Waals surface area (Å²) in [6.45, 7) is 4.41. The molecule has 118 valence electrons. The summed E-state index contributed by atoms with van der Waals surface area (Å²) in [5.74, 6) is 0.606. The van der Waals surface area contributed by atoms with Crippen LogP contribution in [0.1, 0.15) is 21.5 Å². The van der Waals surface area contributed by atoms with Gasteiger partial charge in [0.25, 0.3) is 5.91 Å². The van der Waals surface area contributed by atoms with Gasteiger partial charge in [0.2, 0.25) is 0 Å². The number of hydrogen-bond acceptors (Lipinski definition) is 5. The molecule has 0 atom stereocenters. The molecule has 0 saturated carbocycles. The fraction of sp³-hybridized carbons (Fsp3) is 0.312. The van der Waals surface area contributed by atoms with Crippen LogP contribution in [-0.2, 0) is 4.74 Å². The molecule has 0 bridgehead atoms. The summed E-state index contributed by atoms with van der Waals surface area (Å²) >= 11 is 0. The van der Waals surface area contributed by atoms with Crippen molar-refractivity contribution in [3.05, 3.63) is 41.0 Å². The summed E-state index contributed by atoms with van der Waals surface area (Å²) in [4.78, 5) is 14.4. The maximum absolute atomic E-state index is 12.4. The second-order valence-corrected chi connectivity index (χ2v) is 5.28. The lowest BCUT2D eigenvalue weighted by atomic mass is 10.1. The van der Waals surface area contributed by atoms with Gasteiger partial charge in [0.05, 0.1) is 13.2 Å². The first-order chi connectivity index (χ1) is 11.2. The van der Waals surface area contributed by atoms with Crippen LogP contribution in [0, 0.1) is 18.3 Å². The van der Waals surface area contributed by atoms with Crippen molar-refractivity contribution in [1.82, 2.24) is 10.2 Å². The molecule has 23 heavy (non-hydrogen) atoms. The van der Waals surface area contributed by atoms with Gasteiger partial charge in [-0.1, -0.05) is 18.2 Å². The third-order valence-electron chi connectivity index (χ3n) is 3.80. The van der Waals surface area contributed by atoms with Gasteiger partial charge in [-0.15, -0.1) is 0 Å². The molecule has 0 radical (unpaired) electrons. The molecule has 1 amide bonds. The van der Waals surface area contributed by atoms with Crippen LogP contribution >= 0.6 is 0 Å². The molecule has 1 saturated heterocycles. The van der Waals surface area contributed by atoms with E-state index in [0.717, 1.165) is 5.56 Å². The van der Waals surface area contributed by atoms with Gasteiger partial charge in [0, 0.05) is 18.7 Å². The van der Waals surface area contributed by atoms with Crippen LogP contribution in [0.2, 0.25) is 0 Å². The van der Waals surface area contributed by atoms with Crippen molar-refractivity contribution in [2.24, 2.45) is 0 Å². The van der Waals surface area contributed by atoms with Crippen molar-refractivity contribution >= 4 is 17.5 Å². The van der Waals surface area contributed by atoms with Crippen LogP contribution in [0.15, 0.2) is 24.3 Å². The molecule has 1 aromatic heterocycles. The molecule has 1 aliphatic heterocycles. The molecule has 7 heteroatoms. The van der Waals surface area contributed by atoms with E-state index in [0.29, 0.717) is 49.1 Å². The number of aromatic nitrogens is 2. The number of nitrogens with zero attached hydrogens (tertiary/aromatic N) is 3. The number of amides is 1. The van der Waals surface area contributed by atoms with E-state index in [1.165, 1.54) is 0 Å². The summed E-state index contributed by atoms with van der Waals surface area (Å²) < 4.78 is 5.30. The molecule has 2 aromatic rings. The van der Waals surface area contributed by atoms with Gasteiger partial charge < -0.3 is 15.0 Å². The number of benzene rings is 1. The molecule has 1 aliphatic rings. The van der Waals surface area contributed by atoms with Crippen LogP contribution in [0.4, 0.5) is 11.6 Å². The molecule has 0 aliphatic carbocycles. The Morgan fingerprint density at radius 2 is 2.13 bits per heavy atom. The third kappa shape index (κ3) is 3.03. The lowest BCUT2D eigenvalue weighted by molar-refractivity contribution is 0.102. The highest BCUT2D eigenvalue weighted by atomic mass is 16.5. The molecule has 0 spiro atoms. The van der Waals surface area contributed by atoms with Crippen LogP contribution in [-0.4, -0.2) is 42.4 Å². The Morgan fingerprint density at radius 1 is 1.39 bits per heavy atom. The summed E-state index contributed by atoms with van der Waals surface area (Å²) in [7, 11) is 0. The third-order valence-corrected chi connectivity index (χ3v) is 3.80. The number of carbonyl (C=O) groups excluding carboxylic acids is 1. The lowest BCUT2D eigenvalue weighted by Crippen LogP contribution is -2.36. The van der Waals surface area contributed by atoms with Crippen LogP contribution in [0.3, 0.4) is 0 Å². The standard InChI is InChI=1S/C16H17N5O2/c1-11-4-2-3-5-12(11)16(22)18-14-13(10-17)15(20-19-14)21-6-8-23-9-7-21/h2-5H,6-9H2,1H3,(H2,18,19,20,22). The molecule has 7 nitrogen and oxygen atoms in total. The number of carbonyl (C=O) groups is 1. The highest BCUT2D eigenvalue weighted by Gasteiger charge is 2.22. The molecule has 2 N–H and O–H groups in total. The first kappa shape index (κ1) is 15.1. The van der Waals surface area contributed by atoms with Crippen LogP contribution in [0.5, 0.6) is 0 Å². The number of hydrogen-bond donors (Lipinski definition) is 2. The monoisotopic (exact) mass is 311 g/mol. The van der Waals surface area contributed by atoms with E-state index in [4.69, 9.17) is 4.74 Å². The van der Waals surface area contributed by atoms with Crippen molar-refractivity contribution in [2.75, 3.05) is 36.5 Å². The normalized spacial score (nSPS) is 14.3. The minimum absolute atomic E-state index is 0.267. The van der Waals surface area contributed by atoms with E-state index in [1.54, 1.807) is 12.1 Å². The second kappa shape index (κ2) is 6.50. The topological polar surface area (TPSA) is 94.0 Å². The Kier molecular flexibility index (Phi) is 4.26. The van der Waals surface area contributed by atoms with Gasteiger partial charge in [-0.25, -0.2) is 0 Å². The van der Waals surface area contributed by atoms with Crippen molar-refractivity contribution in [1.29, 1.82) is 5.26 Å². The molecule has 0 unspecified atom stereocenters. The molecule has 1 fully saturated rings. The average molecular weight is 311 g/mol. The molecular weight excluding hydrogens is 294 g/mol. The molecule has 1 aromatic carbocycles. The lowest BCUT2D eigenvalue weighted by Gasteiger charge is -2.26. The van der Waals surface area contributed by atoms with Crippen molar-refractivity contribution in [3.8, 4) is 6.07 Å². The minimum atomic E-state index is -0.267. The number of rotatable bonds is 3. The van der Waals surface area contributed by atoms with E-state index in [9.17, 15) is 10.1 Å². The summed E-state index contributed by atoms with van der Waals surface area (Å²) in [6, 6.07) is 9.41. The zero-order valence-corrected chi connectivity index (χ0v) is 12.8. The Labute approximate surface area is 133 Å². The van der Waals surface area contributed by atoms with E-state index < -0.39 is 0 Å². The molecule has 2 heterocycles. The van der Waals surface area contributed by atoms with Crippen LogP contribution < -0.4 is 10.2 Å². The summed E-state index contributed by atoms with van der Waals surface area (Å²) in [5, 5.41) is 19.1. The number of aromatic amines is 1. The van der Waals surface area contributed by atoms with Gasteiger partial charge in [0.15, 0.2) is 5.82 Å². The average Bonchev–Trinajstić information content (AvgIpc) is 2.98. The number of nitriles is 1. The van der Waals surface area contributed by atoms with E-state index in [-0.39, 0.29) is 5.91 Å². The van der Waals surface area contributed by atoms with Gasteiger partial charge in [-0.05, 0) is 18.6 Å². The Morgan fingerprint density at radius 3 is 2.83 bits per heavy atom. The van der Waals surface area contributed by atoms with Gasteiger partial charge in [-0.3, -0.25) is 9.89 Å². The molecule has 3 rings (SSSR count). The number of anilines is 2. The zero-order chi connectivity index (χ0) is 16.2. The quantitative estimate of drug-likeness (QED) is 0.899. The first-order valence-electron chi connectivity index (χ1n) is 7.39. The number of aryl methyl sites for hydroxylation is 1. The largest absolute Gasteiger partial charge is 0.378 e. The number of morpholine rings is 1. The Balaban J connectivity index is 1.84. The highest BCUT2D eigenvalue weighted by molar-refractivity contribution is 6.05. The van der Waals surface area contributed by atoms with Crippen molar-refractivity contribution < 1.29 is 9.53 Å². The minimum Gasteiger partial charge on any atom is -0.378 e. The maximum Gasteiger partial charge on any atom is 0.257 e. The zero-order valence-electron chi connectivity index (χ0n) is 12.8. The van der Waals surface area contributed by atoms with E-state index in [1.807, 2.05) is 24.0 Å². The highest BCUT2D eigenvalue weighted by Crippen LogP contribution is 2.25. The first-order valence-corrected chi connectivity index (χ1v) is 7.39. The van der Waals surface area contributed by atoms with Gasteiger partial charge in [0.1, 0.15) is 17.5 Å². The SMILES string of the molecule is Cc1ccccc1C(=O)Nc1[nH]nc(N2CCOCC2)c1C#N. The maximum atomic E-state index is 12.4. The van der Waals surface area contributed by atoms with Crippen molar-refractivity contribution in [2.45, 2.75) is 6.92 Å². The summed E-state index contributed by atoms with van der Waals surface area (Å²) in [5.41, 5.74) is 1.78. The fourth-order valence-electron chi connectivity index (χ4n) is 2.54. The Bertz CT molecular complexity index is 756. The van der Waals surface area contributed by atoms with Gasteiger partial charge >= 0.3 is 0 Å². The van der Waals surface area contributed by atoms with Crippen LogP contribution in [0.25, 0.3) is 0 Å². The molecular formula is C16H17N5O2. The Hall–Kier alpha value is -2.85. The van der Waals surface area contributed by atoms with E-state index >= 15 is 0 Å². The number of H-pyrrole nitrogens is 1.